The van der Waals surface area contributed by atoms with Crippen LogP contribution in [0.3, 0.4) is 0 Å². The molecule has 4 rings (SSSR count). The van der Waals surface area contributed by atoms with Crippen LogP contribution >= 0.6 is 11.8 Å². The average Bonchev–Trinajstić information content (AvgIpc) is 2.80. The third-order valence-corrected chi connectivity index (χ3v) is 6.74. The molecule has 1 amide bonds. The minimum absolute atomic E-state index is 0.0296. The van der Waals surface area contributed by atoms with Gasteiger partial charge in [0.05, 0.1) is 35.8 Å². The zero-order valence-electron chi connectivity index (χ0n) is 17.5. The van der Waals surface area contributed by atoms with Gasteiger partial charge in [-0.3, -0.25) is 9.69 Å². The Kier molecular flexibility index (Phi) is 6.50. The maximum absolute atomic E-state index is 13.0. The number of benzene rings is 2. The minimum Gasteiger partial charge on any atom is -0.494 e. The number of ether oxygens (including phenoxy) is 1. The number of anilines is 1. The predicted molar refractivity (Wildman–Crippen MR) is 121 cm³/mol. The molecule has 0 aromatic heterocycles. The van der Waals surface area contributed by atoms with E-state index < -0.39 is 0 Å². The molecule has 0 bridgehead atoms. The average molecular weight is 436 g/mol. The van der Waals surface area contributed by atoms with Gasteiger partial charge in [-0.25, -0.2) is 0 Å². The van der Waals surface area contributed by atoms with Crippen molar-refractivity contribution in [3.63, 3.8) is 0 Å². The molecule has 0 radical (unpaired) electrons. The van der Waals surface area contributed by atoms with Gasteiger partial charge in [-0.15, -0.1) is 0 Å². The second-order valence-corrected chi connectivity index (χ2v) is 8.44. The van der Waals surface area contributed by atoms with E-state index in [9.17, 15) is 10.1 Å². The molecule has 160 valence electrons. The van der Waals surface area contributed by atoms with Crippen molar-refractivity contribution in [1.29, 1.82) is 5.26 Å². The molecule has 2 aromatic carbocycles. The molecular weight excluding hydrogens is 410 g/mol. The topological polar surface area (TPSA) is 76.8 Å². The molecule has 0 aliphatic carbocycles. The second kappa shape index (κ2) is 9.46. The Balaban J connectivity index is 1.56. The number of thioether (sulfide) groups is 1. The summed E-state index contributed by atoms with van der Waals surface area (Å²) in [4.78, 5) is 16.9. The Morgan fingerprint density at radius 1 is 1.19 bits per heavy atom. The molecule has 2 heterocycles. The fraction of sp³-hybridized carbons (Fsp3) is 0.333. The van der Waals surface area contributed by atoms with Crippen LogP contribution in [0, 0.1) is 11.3 Å². The Hall–Kier alpha value is -2.95. The summed E-state index contributed by atoms with van der Waals surface area (Å²) in [5.41, 5.74) is 3.72. The maximum atomic E-state index is 13.0. The van der Waals surface area contributed by atoms with Crippen molar-refractivity contribution in [2.45, 2.75) is 25.7 Å². The van der Waals surface area contributed by atoms with Crippen LogP contribution in [0.25, 0.3) is 0 Å². The zero-order chi connectivity index (χ0) is 21.8. The van der Waals surface area contributed by atoms with Crippen LogP contribution in [-0.2, 0) is 11.2 Å². The predicted octanol–water partition coefficient (Wildman–Crippen LogP) is 3.84. The Labute approximate surface area is 186 Å². The lowest BCUT2D eigenvalue weighted by molar-refractivity contribution is -0.129. The van der Waals surface area contributed by atoms with Crippen molar-refractivity contribution >= 4 is 23.4 Å². The highest BCUT2D eigenvalue weighted by molar-refractivity contribution is 8.03. The highest BCUT2D eigenvalue weighted by Gasteiger charge is 2.38. The van der Waals surface area contributed by atoms with Crippen molar-refractivity contribution in [1.82, 2.24) is 4.90 Å². The fourth-order valence-electron chi connectivity index (χ4n) is 3.98. The number of hydrogen-bond acceptors (Lipinski definition) is 6. The van der Waals surface area contributed by atoms with Crippen LogP contribution in [0.4, 0.5) is 5.69 Å². The highest BCUT2D eigenvalue weighted by Crippen LogP contribution is 2.43. The van der Waals surface area contributed by atoms with Gasteiger partial charge in [0.25, 0.3) is 0 Å². The quantitative estimate of drug-likeness (QED) is 0.743. The summed E-state index contributed by atoms with van der Waals surface area (Å²) >= 11 is 1.53. The lowest BCUT2D eigenvalue weighted by atomic mass is 9.86. The molecule has 0 saturated carbocycles. The van der Waals surface area contributed by atoms with Gasteiger partial charge in [-0.1, -0.05) is 36.0 Å². The van der Waals surface area contributed by atoms with Gasteiger partial charge in [-0.05, 0) is 48.7 Å². The first kappa shape index (κ1) is 21.3. The Morgan fingerprint density at radius 2 is 1.94 bits per heavy atom. The Morgan fingerprint density at radius 3 is 2.58 bits per heavy atom. The molecule has 7 heteroatoms. The number of fused-ring (bicyclic) bond motifs is 1. The minimum atomic E-state index is -0.226. The summed E-state index contributed by atoms with van der Waals surface area (Å²) in [6.45, 7) is 3.10. The Bertz CT molecular complexity index is 1010. The van der Waals surface area contributed by atoms with Gasteiger partial charge in [-0.2, -0.15) is 5.26 Å². The number of allylic oxidation sites excluding steroid dienone is 1. The van der Waals surface area contributed by atoms with Crippen molar-refractivity contribution in [2.24, 2.45) is 0 Å². The summed E-state index contributed by atoms with van der Waals surface area (Å²) in [7, 11) is 0. The van der Waals surface area contributed by atoms with Gasteiger partial charge in [0.15, 0.2) is 0 Å². The molecule has 0 spiro atoms. The number of aliphatic hydroxyl groups excluding tert-OH is 1. The lowest BCUT2D eigenvalue weighted by Crippen LogP contribution is -2.47. The lowest BCUT2D eigenvalue weighted by Gasteiger charge is -2.42. The number of rotatable bonds is 6. The summed E-state index contributed by atoms with van der Waals surface area (Å²) in [5, 5.41) is 19.8. The molecule has 2 aromatic rings. The number of carbonyl (C=O) groups excluding carboxylic acids is 1. The van der Waals surface area contributed by atoms with E-state index in [1.807, 2.05) is 55.5 Å². The normalized spacial score (nSPS) is 18.6. The number of hydrogen-bond donors (Lipinski definition) is 1. The third kappa shape index (κ3) is 4.41. The number of carbonyl (C=O) groups is 1. The van der Waals surface area contributed by atoms with Crippen LogP contribution in [0.5, 0.6) is 5.75 Å². The summed E-state index contributed by atoms with van der Waals surface area (Å²) in [6, 6.07) is 18.1. The molecule has 2 aliphatic heterocycles. The largest absolute Gasteiger partial charge is 0.494 e. The number of nitrogens with zero attached hydrogens (tertiary/aromatic N) is 3. The SMILES string of the molecule is CCOc1ccc([C@H]2CC(=O)N3CN(c4ccc(CCO)cc4)CSC3=C2C#N)cc1. The first-order valence-electron chi connectivity index (χ1n) is 10.4. The highest BCUT2D eigenvalue weighted by atomic mass is 32.2. The van der Waals surface area contributed by atoms with Crippen LogP contribution < -0.4 is 9.64 Å². The second-order valence-electron chi connectivity index (χ2n) is 7.51. The van der Waals surface area contributed by atoms with E-state index in [4.69, 9.17) is 9.84 Å². The molecule has 1 N–H and O–H groups in total. The first-order chi connectivity index (χ1) is 15.1. The van der Waals surface area contributed by atoms with E-state index in [1.54, 1.807) is 4.90 Å². The van der Waals surface area contributed by atoms with Crippen molar-refractivity contribution in [2.75, 3.05) is 30.7 Å². The molecule has 6 nitrogen and oxygen atoms in total. The molecule has 31 heavy (non-hydrogen) atoms. The standard InChI is InChI=1S/C24H25N3O3S/c1-2-30-20-9-5-18(6-10-20)21-13-23(29)27-15-26(16-31-24(27)22(21)14-25)19-7-3-17(4-8-19)11-12-28/h3-10,21,28H,2,11-13,15-16H2,1H3/t21-/m1/s1. The van der Waals surface area contributed by atoms with E-state index in [0.29, 0.717) is 31.1 Å². The molecule has 2 aliphatic rings. The van der Waals surface area contributed by atoms with Gasteiger partial charge in [0.2, 0.25) is 5.91 Å². The van der Waals surface area contributed by atoms with Crippen molar-refractivity contribution < 1.29 is 14.6 Å². The van der Waals surface area contributed by atoms with E-state index in [-0.39, 0.29) is 24.9 Å². The maximum Gasteiger partial charge on any atom is 0.229 e. The number of nitriles is 1. The van der Waals surface area contributed by atoms with Gasteiger partial charge in [0.1, 0.15) is 5.75 Å². The molecule has 1 atom stereocenters. The number of aliphatic hydroxyl groups is 1. The van der Waals surface area contributed by atoms with Crippen LogP contribution in [-0.4, -0.2) is 41.7 Å². The molecular formula is C24H25N3O3S. The van der Waals surface area contributed by atoms with E-state index in [0.717, 1.165) is 27.6 Å². The van der Waals surface area contributed by atoms with E-state index in [2.05, 4.69) is 11.0 Å². The zero-order valence-corrected chi connectivity index (χ0v) is 18.3. The summed E-state index contributed by atoms with van der Waals surface area (Å²) in [5.74, 6) is 1.26. The first-order valence-corrected chi connectivity index (χ1v) is 11.4. The van der Waals surface area contributed by atoms with Crippen LogP contribution in [0.15, 0.2) is 59.1 Å². The number of amides is 1. The van der Waals surface area contributed by atoms with E-state index in [1.165, 1.54) is 11.8 Å². The summed E-state index contributed by atoms with van der Waals surface area (Å²) < 4.78 is 5.51. The molecule has 0 unspecified atom stereocenters. The van der Waals surface area contributed by atoms with Crippen molar-refractivity contribution in [3.05, 3.63) is 70.3 Å². The van der Waals surface area contributed by atoms with Crippen molar-refractivity contribution in [3.8, 4) is 11.8 Å². The van der Waals surface area contributed by atoms with Gasteiger partial charge < -0.3 is 14.7 Å². The third-order valence-electron chi connectivity index (χ3n) is 5.59. The van der Waals surface area contributed by atoms with Gasteiger partial charge >= 0.3 is 0 Å². The summed E-state index contributed by atoms with van der Waals surface area (Å²) in [6.07, 6.45) is 0.912. The van der Waals surface area contributed by atoms with Gasteiger partial charge in [0, 0.05) is 24.6 Å². The smallest absolute Gasteiger partial charge is 0.229 e. The molecule has 1 fully saturated rings. The van der Waals surface area contributed by atoms with Crippen LogP contribution in [0.2, 0.25) is 0 Å². The van der Waals surface area contributed by atoms with E-state index >= 15 is 0 Å². The molecule has 1 saturated heterocycles. The fourth-order valence-corrected chi connectivity index (χ4v) is 5.14. The monoisotopic (exact) mass is 435 g/mol. The van der Waals surface area contributed by atoms with Crippen LogP contribution in [0.1, 0.15) is 30.4 Å².